The van der Waals surface area contributed by atoms with Gasteiger partial charge in [0.05, 0.1) is 24.5 Å². The van der Waals surface area contributed by atoms with E-state index in [1.807, 2.05) is 0 Å². The van der Waals surface area contributed by atoms with E-state index in [4.69, 9.17) is 27.9 Å². The molecule has 8 heteroatoms. The van der Waals surface area contributed by atoms with Crippen LogP contribution in [0.3, 0.4) is 0 Å². The summed E-state index contributed by atoms with van der Waals surface area (Å²) in [4.78, 5) is 24.0. The highest BCUT2D eigenvalue weighted by Gasteiger charge is 2.12. The number of hydrazone groups is 1. The highest BCUT2D eigenvalue weighted by Crippen LogP contribution is 2.24. The zero-order valence-electron chi connectivity index (χ0n) is 16.5. The monoisotopic (exact) mass is 456 g/mol. The maximum Gasteiger partial charge on any atom is 0.337 e. The van der Waals surface area contributed by atoms with Crippen LogP contribution in [-0.4, -0.2) is 25.2 Å². The number of hydrogen-bond acceptors (Lipinski definition) is 5. The zero-order valence-corrected chi connectivity index (χ0v) is 18.0. The Morgan fingerprint density at radius 2 is 1.77 bits per heavy atom. The van der Waals surface area contributed by atoms with Gasteiger partial charge in [0.25, 0.3) is 5.91 Å². The van der Waals surface area contributed by atoms with Crippen LogP contribution in [0.5, 0.6) is 5.75 Å². The number of benzene rings is 3. The molecule has 0 aromatic heterocycles. The molecule has 158 valence electrons. The predicted octanol–water partition coefficient (Wildman–Crippen LogP) is 5.12. The number of hydrogen-bond donors (Lipinski definition) is 1. The fourth-order valence-corrected chi connectivity index (χ4v) is 3.09. The standard InChI is InChI=1S/C23H18Cl2N2O4/c1-30-23(29)16-8-6-15(7-9-16)13-26-27-22(28)19-4-2-3-5-21(19)31-14-17-10-11-18(24)12-20(17)25/h2-13H,14H2,1H3,(H,27,28)/b26-13-. The number of amides is 1. The molecule has 6 nitrogen and oxygen atoms in total. The first kappa shape index (κ1) is 22.3. The van der Waals surface area contributed by atoms with E-state index in [-0.39, 0.29) is 6.61 Å². The molecule has 3 aromatic rings. The Hall–Kier alpha value is -3.35. The third-order valence-corrected chi connectivity index (χ3v) is 4.83. The molecule has 0 saturated carbocycles. The van der Waals surface area contributed by atoms with Crippen LogP contribution in [0.15, 0.2) is 71.8 Å². The Morgan fingerprint density at radius 3 is 2.48 bits per heavy atom. The van der Waals surface area contributed by atoms with Crippen LogP contribution in [0.25, 0.3) is 0 Å². The minimum absolute atomic E-state index is 0.177. The highest BCUT2D eigenvalue weighted by molar-refractivity contribution is 6.35. The van der Waals surface area contributed by atoms with Crippen LogP contribution in [0, 0.1) is 0 Å². The number of halogens is 2. The number of rotatable bonds is 7. The topological polar surface area (TPSA) is 77.0 Å². The molecule has 0 spiro atoms. The van der Waals surface area contributed by atoms with E-state index in [2.05, 4.69) is 15.3 Å². The summed E-state index contributed by atoms with van der Waals surface area (Å²) in [7, 11) is 1.32. The molecular weight excluding hydrogens is 439 g/mol. The molecule has 1 amide bonds. The lowest BCUT2D eigenvalue weighted by Gasteiger charge is -2.11. The van der Waals surface area contributed by atoms with Crippen LogP contribution in [0.4, 0.5) is 0 Å². The van der Waals surface area contributed by atoms with E-state index < -0.39 is 11.9 Å². The second kappa shape index (κ2) is 10.6. The van der Waals surface area contributed by atoms with Gasteiger partial charge in [-0.05, 0) is 42.0 Å². The summed E-state index contributed by atoms with van der Waals surface area (Å²) in [6, 6.07) is 18.5. The second-order valence-electron chi connectivity index (χ2n) is 6.33. The minimum Gasteiger partial charge on any atom is -0.488 e. The summed E-state index contributed by atoms with van der Waals surface area (Å²) >= 11 is 12.1. The van der Waals surface area contributed by atoms with Gasteiger partial charge < -0.3 is 9.47 Å². The summed E-state index contributed by atoms with van der Waals surface area (Å²) < 4.78 is 10.4. The van der Waals surface area contributed by atoms with Crippen LogP contribution in [-0.2, 0) is 11.3 Å². The van der Waals surface area contributed by atoms with Crippen LogP contribution in [0.2, 0.25) is 10.0 Å². The van der Waals surface area contributed by atoms with E-state index in [0.29, 0.717) is 32.5 Å². The van der Waals surface area contributed by atoms with E-state index >= 15 is 0 Å². The van der Waals surface area contributed by atoms with Gasteiger partial charge in [-0.1, -0.05) is 53.5 Å². The fraction of sp³-hybridized carbons (Fsp3) is 0.0870. The van der Waals surface area contributed by atoms with Crippen LogP contribution < -0.4 is 10.2 Å². The van der Waals surface area contributed by atoms with Gasteiger partial charge in [-0.3, -0.25) is 4.79 Å². The fourth-order valence-electron chi connectivity index (χ4n) is 2.62. The predicted molar refractivity (Wildman–Crippen MR) is 120 cm³/mol. The summed E-state index contributed by atoms with van der Waals surface area (Å²) in [6.07, 6.45) is 1.47. The number of esters is 1. The van der Waals surface area contributed by atoms with Crippen molar-refractivity contribution in [1.82, 2.24) is 5.43 Å². The van der Waals surface area contributed by atoms with E-state index in [1.54, 1.807) is 66.7 Å². The first-order valence-electron chi connectivity index (χ1n) is 9.15. The van der Waals surface area contributed by atoms with Gasteiger partial charge in [0, 0.05) is 15.6 Å². The molecule has 0 saturated heterocycles. The van der Waals surface area contributed by atoms with Crippen molar-refractivity contribution < 1.29 is 19.1 Å². The summed E-state index contributed by atoms with van der Waals surface area (Å²) in [5.74, 6) is -0.461. The molecule has 3 aromatic carbocycles. The van der Waals surface area contributed by atoms with Crippen molar-refractivity contribution >= 4 is 41.3 Å². The average molecular weight is 457 g/mol. The molecule has 0 heterocycles. The Morgan fingerprint density at radius 1 is 1.03 bits per heavy atom. The maximum absolute atomic E-state index is 12.6. The van der Waals surface area contributed by atoms with Crippen molar-refractivity contribution in [2.45, 2.75) is 6.61 Å². The summed E-state index contributed by atoms with van der Waals surface area (Å²) in [5, 5.41) is 4.98. The molecule has 0 unspecified atom stereocenters. The molecule has 1 N–H and O–H groups in total. The molecule has 0 atom stereocenters. The normalized spacial score (nSPS) is 10.7. The number of carbonyl (C=O) groups is 2. The molecule has 0 bridgehead atoms. The molecule has 3 rings (SSSR count). The zero-order chi connectivity index (χ0) is 22.2. The first-order valence-corrected chi connectivity index (χ1v) is 9.91. The number of carbonyl (C=O) groups excluding carboxylic acids is 2. The molecule has 0 aliphatic rings. The number of methoxy groups -OCH3 is 1. The average Bonchev–Trinajstić information content (AvgIpc) is 2.78. The summed E-state index contributed by atoms with van der Waals surface area (Å²) in [6.45, 7) is 0.177. The Balaban J connectivity index is 1.64. The lowest BCUT2D eigenvalue weighted by atomic mass is 10.1. The molecule has 0 fully saturated rings. The van der Waals surface area contributed by atoms with Gasteiger partial charge in [-0.2, -0.15) is 5.10 Å². The largest absolute Gasteiger partial charge is 0.488 e. The lowest BCUT2D eigenvalue weighted by molar-refractivity contribution is 0.0600. The van der Waals surface area contributed by atoms with Gasteiger partial charge in [0.1, 0.15) is 12.4 Å². The Kier molecular flexibility index (Phi) is 7.65. The van der Waals surface area contributed by atoms with Crippen LogP contribution in [0.1, 0.15) is 31.8 Å². The van der Waals surface area contributed by atoms with Crippen molar-refractivity contribution in [3.05, 3.63) is 99.0 Å². The third kappa shape index (κ3) is 6.07. The summed E-state index contributed by atoms with van der Waals surface area (Å²) in [5.41, 5.74) is 4.67. The van der Waals surface area contributed by atoms with Crippen molar-refractivity contribution in [3.63, 3.8) is 0 Å². The van der Waals surface area contributed by atoms with Crippen molar-refractivity contribution in [2.75, 3.05) is 7.11 Å². The van der Waals surface area contributed by atoms with Gasteiger partial charge in [0.15, 0.2) is 0 Å². The van der Waals surface area contributed by atoms with Gasteiger partial charge in [-0.25, -0.2) is 10.2 Å². The smallest absolute Gasteiger partial charge is 0.337 e. The molecule has 0 aliphatic carbocycles. The Bertz CT molecular complexity index is 1110. The quantitative estimate of drug-likeness (QED) is 0.304. The number of ether oxygens (including phenoxy) is 2. The molecule has 0 radical (unpaired) electrons. The number of nitrogens with zero attached hydrogens (tertiary/aromatic N) is 1. The first-order chi connectivity index (χ1) is 15.0. The molecule has 31 heavy (non-hydrogen) atoms. The minimum atomic E-state index is -0.430. The number of nitrogens with one attached hydrogen (secondary N) is 1. The SMILES string of the molecule is COC(=O)c1ccc(/C=N\NC(=O)c2ccccc2OCc2ccc(Cl)cc2Cl)cc1. The van der Waals surface area contributed by atoms with Crippen molar-refractivity contribution in [1.29, 1.82) is 0 Å². The highest BCUT2D eigenvalue weighted by atomic mass is 35.5. The van der Waals surface area contributed by atoms with E-state index in [9.17, 15) is 9.59 Å². The maximum atomic E-state index is 12.6. The van der Waals surface area contributed by atoms with E-state index in [0.717, 1.165) is 5.56 Å². The van der Waals surface area contributed by atoms with Crippen molar-refractivity contribution in [3.8, 4) is 5.75 Å². The second-order valence-corrected chi connectivity index (χ2v) is 7.18. The van der Waals surface area contributed by atoms with Crippen molar-refractivity contribution in [2.24, 2.45) is 5.10 Å². The lowest BCUT2D eigenvalue weighted by Crippen LogP contribution is -2.18. The number of para-hydroxylation sites is 1. The van der Waals surface area contributed by atoms with Gasteiger partial charge in [0.2, 0.25) is 0 Å². The Labute approximate surface area is 189 Å². The van der Waals surface area contributed by atoms with Crippen LogP contribution >= 0.6 is 23.2 Å². The van der Waals surface area contributed by atoms with E-state index in [1.165, 1.54) is 13.3 Å². The van der Waals surface area contributed by atoms with Gasteiger partial charge >= 0.3 is 5.97 Å². The third-order valence-electron chi connectivity index (χ3n) is 4.24. The van der Waals surface area contributed by atoms with Gasteiger partial charge in [-0.15, -0.1) is 0 Å². The molecule has 0 aliphatic heterocycles. The molecular formula is C23H18Cl2N2O4.